The first kappa shape index (κ1) is 31.7. The van der Waals surface area contributed by atoms with Crippen molar-refractivity contribution in [3.05, 3.63) is 59.9 Å². The number of nitrogens with one attached hydrogen (secondary N) is 2. The first-order valence-electron chi connectivity index (χ1n) is 14.0. The van der Waals surface area contributed by atoms with Gasteiger partial charge >= 0.3 is 12.1 Å². The number of nitrogens with zero attached hydrogens (tertiary/aromatic N) is 4. The maximum absolute atomic E-state index is 13.4. The Morgan fingerprint density at radius 1 is 1.05 bits per heavy atom. The molecule has 3 N–H and O–H groups in total. The molecule has 2 amide bonds. The first-order valence-corrected chi connectivity index (χ1v) is 14.0. The van der Waals surface area contributed by atoms with Crippen LogP contribution < -0.4 is 15.5 Å². The number of halogens is 4. The number of carboxylic acids is 1. The molecule has 43 heavy (non-hydrogen) atoms. The number of benzene rings is 2. The average molecular weight is 607 g/mol. The summed E-state index contributed by atoms with van der Waals surface area (Å²) in [6.45, 7) is 5.57. The molecule has 0 atom stereocenters. The van der Waals surface area contributed by atoms with Gasteiger partial charge in [0.1, 0.15) is 5.82 Å². The van der Waals surface area contributed by atoms with E-state index in [1.165, 1.54) is 12.1 Å². The van der Waals surface area contributed by atoms with Gasteiger partial charge in [-0.15, -0.1) is 0 Å². The number of anilines is 1. The number of hydrogen-bond acceptors (Lipinski definition) is 6. The number of amides is 2. The van der Waals surface area contributed by atoms with E-state index in [-0.39, 0.29) is 23.5 Å². The molecule has 0 bridgehead atoms. The third-order valence-corrected chi connectivity index (χ3v) is 7.35. The van der Waals surface area contributed by atoms with E-state index in [2.05, 4.69) is 31.1 Å². The molecule has 2 fully saturated rings. The van der Waals surface area contributed by atoms with Crippen LogP contribution in [0.15, 0.2) is 48.5 Å². The van der Waals surface area contributed by atoms with E-state index in [4.69, 9.17) is 14.9 Å². The molecular formula is C29H34F4N6O4. The van der Waals surface area contributed by atoms with E-state index in [1.54, 1.807) is 0 Å². The van der Waals surface area contributed by atoms with Crippen molar-refractivity contribution >= 4 is 34.8 Å². The topological polar surface area (TPSA) is 120 Å². The number of piperidine rings is 1. The second-order valence-corrected chi connectivity index (χ2v) is 10.4. The summed E-state index contributed by atoms with van der Waals surface area (Å²) >= 11 is 0. The van der Waals surface area contributed by atoms with Gasteiger partial charge in [-0.2, -0.15) is 13.2 Å². The number of hydrogen-bond donors (Lipinski definition) is 3. The fourth-order valence-corrected chi connectivity index (χ4v) is 5.12. The first-order chi connectivity index (χ1) is 20.5. The molecule has 0 saturated carbocycles. The average Bonchev–Trinajstić information content (AvgIpc) is 3.34. The van der Waals surface area contributed by atoms with Crippen molar-refractivity contribution in [3.8, 4) is 0 Å². The molecule has 3 heterocycles. The number of carboxylic acid groups (broad SMARTS) is 1. The number of fused-ring (bicyclic) bond motifs is 1. The van der Waals surface area contributed by atoms with E-state index < -0.39 is 12.1 Å². The summed E-state index contributed by atoms with van der Waals surface area (Å²) in [7, 11) is 0. The van der Waals surface area contributed by atoms with Crippen LogP contribution in [-0.2, 0) is 20.9 Å². The van der Waals surface area contributed by atoms with E-state index in [9.17, 15) is 27.2 Å². The Hall–Kier alpha value is -4.20. The predicted octanol–water partition coefficient (Wildman–Crippen LogP) is 3.01. The summed E-state index contributed by atoms with van der Waals surface area (Å²) in [6.07, 6.45) is -2.69. The summed E-state index contributed by atoms with van der Waals surface area (Å²) in [6, 6.07) is 14.7. The second-order valence-electron chi connectivity index (χ2n) is 10.4. The van der Waals surface area contributed by atoms with Crippen LogP contribution >= 0.6 is 0 Å². The van der Waals surface area contributed by atoms with Crippen LogP contribution in [0.3, 0.4) is 0 Å². The van der Waals surface area contributed by atoms with Crippen LogP contribution in [0.4, 0.5) is 23.5 Å². The minimum Gasteiger partial charge on any atom is -0.475 e. The van der Waals surface area contributed by atoms with Crippen molar-refractivity contribution in [1.29, 1.82) is 0 Å². The number of imidazole rings is 1. The Kier molecular flexibility index (Phi) is 10.6. The van der Waals surface area contributed by atoms with Crippen LogP contribution in [0, 0.1) is 11.7 Å². The lowest BCUT2D eigenvalue weighted by atomic mass is 9.96. The lowest BCUT2D eigenvalue weighted by Gasteiger charge is -2.32. The Morgan fingerprint density at radius 2 is 1.72 bits per heavy atom. The van der Waals surface area contributed by atoms with E-state index in [1.807, 2.05) is 30.3 Å². The lowest BCUT2D eigenvalue weighted by molar-refractivity contribution is -0.192. The van der Waals surface area contributed by atoms with Crippen LogP contribution in [0.25, 0.3) is 11.0 Å². The molecule has 14 heteroatoms. The summed E-state index contributed by atoms with van der Waals surface area (Å²) in [5, 5.41) is 13.0. The van der Waals surface area contributed by atoms with Crippen LogP contribution in [0.2, 0.25) is 0 Å². The molecule has 0 radical (unpaired) electrons. The summed E-state index contributed by atoms with van der Waals surface area (Å²) in [5.41, 5.74) is 2.99. The summed E-state index contributed by atoms with van der Waals surface area (Å²) < 4.78 is 47.3. The molecule has 2 aliphatic rings. The van der Waals surface area contributed by atoms with E-state index in [0.29, 0.717) is 26.2 Å². The number of rotatable bonds is 8. The summed E-state index contributed by atoms with van der Waals surface area (Å²) in [4.78, 5) is 42.4. The molecule has 5 rings (SSSR count). The second kappa shape index (κ2) is 14.3. The van der Waals surface area contributed by atoms with Gasteiger partial charge in [0.05, 0.1) is 24.1 Å². The minimum atomic E-state index is -5.08. The van der Waals surface area contributed by atoms with E-state index >= 15 is 0 Å². The summed E-state index contributed by atoms with van der Waals surface area (Å²) in [5.74, 6) is -1.92. The molecule has 232 valence electrons. The highest BCUT2D eigenvalue weighted by molar-refractivity contribution is 5.80. The number of aromatic nitrogens is 2. The Labute approximate surface area is 245 Å². The monoisotopic (exact) mass is 606 g/mol. The van der Waals surface area contributed by atoms with Gasteiger partial charge in [0.2, 0.25) is 17.8 Å². The van der Waals surface area contributed by atoms with Crippen LogP contribution in [-0.4, -0.2) is 89.3 Å². The standard InChI is InChI=1S/C27H33FN6O2.C2HF3O2/c28-22-8-6-20(7-9-22)18-34-24-5-2-1-4-23(24)31-27(34)33-15-10-21(11-16-33)26(36)30-12-3-14-32-17-13-29-25(35)19-32;3-2(4,5)1(6)7/h1-2,4-9,21H,3,10-19H2,(H,29,35)(H,30,36);(H,6,7). The molecule has 2 aromatic carbocycles. The minimum absolute atomic E-state index is 0.00283. The van der Waals surface area contributed by atoms with Crippen LogP contribution in [0.5, 0.6) is 0 Å². The Balaban J connectivity index is 0.000000541. The van der Waals surface area contributed by atoms with Gasteiger partial charge in [0.25, 0.3) is 0 Å². The number of carbonyl (C=O) groups excluding carboxylic acids is 2. The molecule has 0 spiro atoms. The Morgan fingerprint density at radius 3 is 2.37 bits per heavy atom. The van der Waals surface area contributed by atoms with Gasteiger partial charge in [-0.25, -0.2) is 14.2 Å². The van der Waals surface area contributed by atoms with Crippen molar-refractivity contribution in [2.24, 2.45) is 5.92 Å². The number of alkyl halides is 3. The number of aliphatic carboxylic acids is 1. The fourth-order valence-electron chi connectivity index (χ4n) is 5.12. The van der Waals surface area contributed by atoms with Gasteiger partial charge in [0.15, 0.2) is 0 Å². The number of carbonyl (C=O) groups is 3. The number of piperazine rings is 1. The van der Waals surface area contributed by atoms with Crippen molar-refractivity contribution in [1.82, 2.24) is 25.1 Å². The highest BCUT2D eigenvalue weighted by Gasteiger charge is 2.38. The third kappa shape index (κ3) is 8.89. The molecule has 1 aromatic heterocycles. The van der Waals surface area contributed by atoms with Gasteiger partial charge in [-0.05, 0) is 49.1 Å². The molecule has 0 unspecified atom stereocenters. The van der Waals surface area contributed by atoms with Gasteiger partial charge in [0, 0.05) is 45.2 Å². The molecular weight excluding hydrogens is 572 g/mol. The normalized spacial score (nSPS) is 16.4. The molecule has 2 aliphatic heterocycles. The Bertz CT molecular complexity index is 1400. The zero-order valence-corrected chi connectivity index (χ0v) is 23.4. The zero-order chi connectivity index (χ0) is 31.0. The zero-order valence-electron chi connectivity index (χ0n) is 23.4. The molecule has 0 aliphatic carbocycles. The third-order valence-electron chi connectivity index (χ3n) is 7.35. The van der Waals surface area contributed by atoms with Crippen molar-refractivity contribution in [2.45, 2.75) is 32.0 Å². The maximum atomic E-state index is 13.4. The van der Waals surface area contributed by atoms with Gasteiger partial charge in [-0.1, -0.05) is 24.3 Å². The highest BCUT2D eigenvalue weighted by atomic mass is 19.4. The maximum Gasteiger partial charge on any atom is 0.490 e. The lowest BCUT2D eigenvalue weighted by Crippen LogP contribution is -2.48. The van der Waals surface area contributed by atoms with Crippen molar-refractivity contribution in [3.63, 3.8) is 0 Å². The van der Waals surface area contributed by atoms with Crippen molar-refractivity contribution in [2.75, 3.05) is 50.7 Å². The largest absolute Gasteiger partial charge is 0.490 e. The molecule has 10 nitrogen and oxygen atoms in total. The molecule has 3 aromatic rings. The SMILES string of the molecule is O=C(O)C(F)(F)F.O=C1CN(CCCNC(=O)C2CCN(c3nc4ccccc4n3Cc3ccc(F)cc3)CC2)CCN1. The van der Waals surface area contributed by atoms with Crippen LogP contribution in [0.1, 0.15) is 24.8 Å². The van der Waals surface area contributed by atoms with E-state index in [0.717, 1.165) is 68.0 Å². The quantitative estimate of drug-likeness (QED) is 0.267. The fraction of sp³-hybridized carbons (Fsp3) is 0.448. The molecule has 2 saturated heterocycles. The smallest absolute Gasteiger partial charge is 0.475 e. The predicted molar refractivity (Wildman–Crippen MR) is 151 cm³/mol. The number of para-hydroxylation sites is 2. The van der Waals surface area contributed by atoms with Gasteiger partial charge < -0.3 is 25.2 Å². The highest BCUT2D eigenvalue weighted by Crippen LogP contribution is 2.28. The van der Waals surface area contributed by atoms with Crippen molar-refractivity contribution < 1.29 is 37.1 Å². The van der Waals surface area contributed by atoms with Gasteiger partial charge in [-0.3, -0.25) is 14.5 Å².